The number of aryl methyl sites for hydroxylation is 1. The van der Waals surface area contributed by atoms with Crippen LogP contribution in [0.1, 0.15) is 16.2 Å². The van der Waals surface area contributed by atoms with E-state index in [0.29, 0.717) is 11.6 Å². The first-order valence-corrected chi connectivity index (χ1v) is 3.65. The molecule has 0 aliphatic rings. The van der Waals surface area contributed by atoms with Crippen LogP contribution in [0, 0.1) is 6.92 Å². The largest absolute Gasteiger partial charge is 0.357 e. The molecule has 70 valence electrons. The van der Waals surface area contributed by atoms with Gasteiger partial charge in [-0.25, -0.2) is 15.4 Å². The molecule has 1 amide bonds. The minimum absolute atomic E-state index is 0.124. The Balaban J connectivity index is 3.08. The zero-order valence-electron chi connectivity index (χ0n) is 7.33. The van der Waals surface area contributed by atoms with Crippen LogP contribution in [0.5, 0.6) is 0 Å². The monoisotopic (exact) mass is 182 g/mol. The summed E-state index contributed by atoms with van der Waals surface area (Å²) in [7, 11) is 1.65. The van der Waals surface area contributed by atoms with Crippen LogP contribution in [-0.4, -0.2) is 28.1 Å². The van der Waals surface area contributed by atoms with Crippen LogP contribution in [0.2, 0.25) is 0 Å². The van der Waals surface area contributed by atoms with Gasteiger partial charge in [0.2, 0.25) is 5.95 Å². The predicted octanol–water partition coefficient (Wildman–Crippen LogP) is -0.0543. The third-order valence-electron chi connectivity index (χ3n) is 1.41. The number of aromatic nitrogens is 2. The summed E-state index contributed by atoms with van der Waals surface area (Å²) in [6.07, 6.45) is 0. The normalized spacial score (nSPS) is 9.46. The minimum Gasteiger partial charge on any atom is -0.357 e. The van der Waals surface area contributed by atoms with E-state index in [1.807, 2.05) is 0 Å². The third-order valence-corrected chi connectivity index (χ3v) is 1.41. The zero-order chi connectivity index (χ0) is 9.84. The van der Waals surface area contributed by atoms with E-state index in [2.05, 4.69) is 15.3 Å². The smallest absolute Gasteiger partial charge is 0.293 e. The second kappa shape index (κ2) is 3.81. The fraction of sp³-hybridized carbons (Fsp3) is 0.286. The van der Waals surface area contributed by atoms with Crippen molar-refractivity contribution in [2.45, 2.75) is 6.92 Å². The van der Waals surface area contributed by atoms with Gasteiger partial charge in [-0.2, -0.15) is 0 Å². The van der Waals surface area contributed by atoms with Gasteiger partial charge in [0.25, 0.3) is 5.91 Å². The van der Waals surface area contributed by atoms with Gasteiger partial charge in [-0.1, -0.05) is 0 Å². The van der Waals surface area contributed by atoms with Crippen LogP contribution in [0.25, 0.3) is 0 Å². The molecule has 0 radical (unpaired) electrons. The number of anilines is 1. The Morgan fingerprint density at radius 2 is 2.23 bits per heavy atom. The molecule has 6 heteroatoms. The maximum absolute atomic E-state index is 11.0. The number of carbonyl (C=O) groups is 1. The van der Waals surface area contributed by atoms with Crippen molar-refractivity contribution >= 4 is 11.9 Å². The average Bonchev–Trinajstić information content (AvgIpc) is 2.15. The Morgan fingerprint density at radius 3 is 2.77 bits per heavy atom. The van der Waals surface area contributed by atoms with Crippen molar-refractivity contribution in [1.82, 2.24) is 15.4 Å². The minimum atomic E-state index is -0.651. The highest BCUT2D eigenvalue weighted by Crippen LogP contribution is 2.03. The van der Waals surface area contributed by atoms with Gasteiger partial charge < -0.3 is 5.32 Å². The fourth-order valence-electron chi connectivity index (χ4n) is 0.854. The van der Waals surface area contributed by atoms with Crippen LogP contribution < -0.4 is 10.8 Å². The molecule has 6 nitrogen and oxygen atoms in total. The van der Waals surface area contributed by atoms with Gasteiger partial charge in [0.15, 0.2) is 0 Å². The number of carbonyl (C=O) groups excluding carboxylic acids is 1. The molecule has 0 unspecified atom stereocenters. The van der Waals surface area contributed by atoms with E-state index in [1.54, 1.807) is 14.0 Å². The molecular weight excluding hydrogens is 172 g/mol. The molecule has 0 spiro atoms. The average molecular weight is 182 g/mol. The molecule has 0 aliphatic carbocycles. The van der Waals surface area contributed by atoms with E-state index in [0.717, 1.165) is 0 Å². The summed E-state index contributed by atoms with van der Waals surface area (Å²) >= 11 is 0. The molecule has 1 rings (SSSR count). The van der Waals surface area contributed by atoms with Crippen LogP contribution in [0.15, 0.2) is 6.07 Å². The Bertz CT molecular complexity index is 326. The van der Waals surface area contributed by atoms with Gasteiger partial charge in [0.1, 0.15) is 5.69 Å². The molecule has 13 heavy (non-hydrogen) atoms. The molecule has 3 N–H and O–H groups in total. The molecule has 0 aromatic carbocycles. The first kappa shape index (κ1) is 9.40. The first-order chi connectivity index (χ1) is 6.17. The third kappa shape index (κ3) is 2.12. The van der Waals surface area contributed by atoms with Gasteiger partial charge in [-0.3, -0.25) is 10.0 Å². The number of rotatable bonds is 2. The van der Waals surface area contributed by atoms with E-state index in [-0.39, 0.29) is 5.69 Å². The number of hydrogen-bond donors (Lipinski definition) is 3. The highest BCUT2D eigenvalue weighted by Gasteiger charge is 2.08. The summed E-state index contributed by atoms with van der Waals surface area (Å²) in [5.74, 6) is -0.305. The maximum atomic E-state index is 11.0. The van der Waals surface area contributed by atoms with Crippen molar-refractivity contribution in [1.29, 1.82) is 0 Å². The standard InChI is InChI=1S/C7H10N4O2/c1-4-3-5(6(12)11-13)10-7(8-2)9-4/h3,13H,1-2H3,(H,11,12)(H,8,9,10). The van der Waals surface area contributed by atoms with Crippen molar-refractivity contribution < 1.29 is 10.0 Å². The Kier molecular flexibility index (Phi) is 2.76. The Morgan fingerprint density at radius 1 is 1.54 bits per heavy atom. The summed E-state index contributed by atoms with van der Waals surface area (Å²) in [4.78, 5) is 18.8. The molecule has 0 saturated heterocycles. The molecule has 0 fully saturated rings. The van der Waals surface area contributed by atoms with Crippen molar-refractivity contribution in [3.8, 4) is 0 Å². The summed E-state index contributed by atoms with van der Waals surface area (Å²) in [5, 5.41) is 11.1. The lowest BCUT2D eigenvalue weighted by molar-refractivity contribution is 0.0700. The predicted molar refractivity (Wildman–Crippen MR) is 45.6 cm³/mol. The molecule has 0 aliphatic heterocycles. The maximum Gasteiger partial charge on any atom is 0.293 e. The number of hydrogen-bond acceptors (Lipinski definition) is 5. The first-order valence-electron chi connectivity index (χ1n) is 3.65. The van der Waals surface area contributed by atoms with E-state index in [1.165, 1.54) is 11.5 Å². The zero-order valence-corrected chi connectivity index (χ0v) is 7.33. The van der Waals surface area contributed by atoms with Gasteiger partial charge in [0.05, 0.1) is 0 Å². The molecule has 0 atom stereocenters. The lowest BCUT2D eigenvalue weighted by Crippen LogP contribution is -2.20. The summed E-state index contributed by atoms with van der Waals surface area (Å²) in [6, 6.07) is 1.48. The summed E-state index contributed by atoms with van der Waals surface area (Å²) in [6.45, 7) is 1.73. The van der Waals surface area contributed by atoms with Gasteiger partial charge >= 0.3 is 0 Å². The van der Waals surface area contributed by atoms with Crippen molar-refractivity contribution in [2.75, 3.05) is 12.4 Å². The second-order valence-corrected chi connectivity index (χ2v) is 2.41. The summed E-state index contributed by atoms with van der Waals surface area (Å²) in [5.41, 5.74) is 2.28. The van der Waals surface area contributed by atoms with Crippen molar-refractivity contribution in [2.24, 2.45) is 0 Å². The van der Waals surface area contributed by atoms with Crippen LogP contribution in [0.4, 0.5) is 5.95 Å². The second-order valence-electron chi connectivity index (χ2n) is 2.41. The van der Waals surface area contributed by atoms with E-state index in [9.17, 15) is 4.79 Å². The van der Waals surface area contributed by atoms with Crippen LogP contribution in [-0.2, 0) is 0 Å². The highest BCUT2D eigenvalue weighted by atomic mass is 16.5. The summed E-state index contributed by atoms with van der Waals surface area (Å²) < 4.78 is 0. The number of nitrogens with one attached hydrogen (secondary N) is 2. The van der Waals surface area contributed by atoms with E-state index in [4.69, 9.17) is 5.21 Å². The van der Waals surface area contributed by atoms with Gasteiger partial charge in [-0.15, -0.1) is 0 Å². The number of amides is 1. The van der Waals surface area contributed by atoms with E-state index < -0.39 is 5.91 Å². The lowest BCUT2D eigenvalue weighted by Gasteiger charge is -2.02. The highest BCUT2D eigenvalue weighted by molar-refractivity contribution is 5.91. The molecule has 0 saturated carbocycles. The lowest BCUT2D eigenvalue weighted by atomic mass is 10.3. The topological polar surface area (TPSA) is 87.1 Å². The Hall–Kier alpha value is -1.69. The SMILES string of the molecule is CNc1nc(C)cc(C(=O)NO)n1. The molecule has 0 bridgehead atoms. The molecule has 1 aromatic heterocycles. The van der Waals surface area contributed by atoms with Crippen molar-refractivity contribution in [3.63, 3.8) is 0 Å². The van der Waals surface area contributed by atoms with Gasteiger partial charge in [0, 0.05) is 12.7 Å². The van der Waals surface area contributed by atoms with Gasteiger partial charge in [-0.05, 0) is 13.0 Å². The number of nitrogens with zero attached hydrogens (tertiary/aromatic N) is 2. The van der Waals surface area contributed by atoms with Crippen molar-refractivity contribution in [3.05, 3.63) is 17.5 Å². The molecular formula is C7H10N4O2. The van der Waals surface area contributed by atoms with Crippen LogP contribution >= 0.6 is 0 Å². The Labute approximate surface area is 75.0 Å². The fourth-order valence-corrected chi connectivity index (χ4v) is 0.854. The molecule has 1 heterocycles. The van der Waals surface area contributed by atoms with E-state index >= 15 is 0 Å². The van der Waals surface area contributed by atoms with Crippen LogP contribution in [0.3, 0.4) is 0 Å². The number of hydroxylamine groups is 1. The molecule has 1 aromatic rings. The quantitative estimate of drug-likeness (QED) is 0.440.